The zero-order valence-corrected chi connectivity index (χ0v) is 6.69. The number of hydrazine groups is 2. The van der Waals surface area contributed by atoms with Gasteiger partial charge in [-0.3, -0.25) is 5.43 Å². The van der Waals surface area contributed by atoms with Crippen molar-refractivity contribution in [2.24, 2.45) is 5.10 Å². The van der Waals surface area contributed by atoms with Crippen LogP contribution in [0.3, 0.4) is 0 Å². The average Bonchev–Trinajstić information content (AvgIpc) is 1.85. The van der Waals surface area contributed by atoms with Gasteiger partial charge in [0.25, 0.3) is 0 Å². The van der Waals surface area contributed by atoms with Gasteiger partial charge in [-0.05, 0) is 0 Å². The van der Waals surface area contributed by atoms with Gasteiger partial charge in [-0.15, -0.1) is 5.10 Å². The van der Waals surface area contributed by atoms with E-state index in [-0.39, 0.29) is 10.3 Å². The van der Waals surface area contributed by atoms with E-state index in [1.165, 1.54) is 6.08 Å². The minimum atomic E-state index is 0.191. The Kier molecular flexibility index (Phi) is 2.41. The van der Waals surface area contributed by atoms with Crippen LogP contribution in [-0.4, -0.2) is 10.4 Å². The van der Waals surface area contributed by atoms with Crippen LogP contribution in [0.15, 0.2) is 16.3 Å². The molecule has 1 heterocycles. The van der Waals surface area contributed by atoms with Gasteiger partial charge in [0.2, 0.25) is 0 Å². The van der Waals surface area contributed by atoms with Gasteiger partial charge in [0.1, 0.15) is 5.16 Å². The normalized spacial score (nSPS) is 15.9. The first-order valence-electron chi connectivity index (χ1n) is 2.55. The molecule has 1 aliphatic rings. The molecule has 0 aromatic rings. The highest BCUT2D eigenvalue weighted by Crippen LogP contribution is 2.05. The number of nitrogens with one attached hydrogen (secondary N) is 2. The lowest BCUT2D eigenvalue weighted by atomic mass is 10.6. The van der Waals surface area contributed by atoms with E-state index < -0.39 is 0 Å². The fourth-order valence-electron chi connectivity index (χ4n) is 0.488. The van der Waals surface area contributed by atoms with Gasteiger partial charge < -0.3 is 0 Å². The third kappa shape index (κ3) is 2.18. The third-order valence-corrected chi connectivity index (χ3v) is 1.19. The Balaban J connectivity index is 2.65. The van der Waals surface area contributed by atoms with Crippen LogP contribution in [-0.2, 0) is 0 Å². The minimum Gasteiger partial charge on any atom is -0.251 e. The van der Waals surface area contributed by atoms with Crippen molar-refractivity contribution in [1.29, 1.82) is 5.26 Å². The highest BCUT2D eigenvalue weighted by Gasteiger charge is 2.07. The Labute approximate surface area is 72.8 Å². The van der Waals surface area contributed by atoms with Crippen molar-refractivity contribution in [3.8, 4) is 6.19 Å². The van der Waals surface area contributed by atoms with Crippen LogP contribution in [0.5, 0.6) is 0 Å². The summed E-state index contributed by atoms with van der Waals surface area (Å²) >= 11 is 11.0. The number of hydrazone groups is 1. The van der Waals surface area contributed by atoms with Gasteiger partial charge in [0, 0.05) is 6.08 Å². The highest BCUT2D eigenvalue weighted by molar-refractivity contribution is 6.69. The largest absolute Gasteiger partial charge is 0.251 e. The zero-order valence-electron chi connectivity index (χ0n) is 5.17. The van der Waals surface area contributed by atoms with E-state index in [1.54, 1.807) is 6.19 Å². The fourth-order valence-corrected chi connectivity index (χ4v) is 0.912. The summed E-state index contributed by atoms with van der Waals surface area (Å²) in [7, 11) is 0. The molecule has 0 spiro atoms. The zero-order chi connectivity index (χ0) is 8.27. The topological polar surface area (TPSA) is 63.5 Å². The van der Waals surface area contributed by atoms with Crippen LogP contribution in [0.2, 0.25) is 0 Å². The molecule has 5 nitrogen and oxygen atoms in total. The Morgan fingerprint density at radius 1 is 1.73 bits per heavy atom. The number of rotatable bonds is 1. The molecule has 0 aliphatic carbocycles. The molecule has 0 bridgehead atoms. The van der Waals surface area contributed by atoms with Crippen molar-refractivity contribution < 1.29 is 0 Å². The maximum atomic E-state index is 8.17. The molecule has 0 aromatic carbocycles. The van der Waals surface area contributed by atoms with Crippen molar-refractivity contribution in [3.05, 3.63) is 11.2 Å². The van der Waals surface area contributed by atoms with Crippen LogP contribution < -0.4 is 10.9 Å². The Bertz CT molecular complexity index is 252. The van der Waals surface area contributed by atoms with Gasteiger partial charge in [0.05, 0.1) is 0 Å². The monoisotopic (exact) mass is 191 g/mol. The highest BCUT2D eigenvalue weighted by atomic mass is 35.5. The molecule has 58 valence electrons. The first-order chi connectivity index (χ1) is 5.22. The lowest BCUT2D eigenvalue weighted by molar-refractivity contribution is 0.179. The summed E-state index contributed by atoms with van der Waals surface area (Å²) in [6.45, 7) is 0. The predicted molar refractivity (Wildman–Crippen MR) is 40.9 cm³/mol. The fraction of sp³-hybridized carbons (Fsp3) is 0. The lowest BCUT2D eigenvalue weighted by Crippen LogP contribution is -2.42. The third-order valence-electron chi connectivity index (χ3n) is 0.810. The second-order valence-corrected chi connectivity index (χ2v) is 2.36. The van der Waals surface area contributed by atoms with E-state index in [2.05, 4.69) is 16.0 Å². The lowest BCUT2D eigenvalue weighted by Gasteiger charge is -2.19. The quantitative estimate of drug-likeness (QED) is 0.359. The Hall–Kier alpha value is -1.12. The molecule has 0 aromatic heterocycles. The molecule has 11 heavy (non-hydrogen) atoms. The molecule has 2 N–H and O–H groups in total. The minimum absolute atomic E-state index is 0.191. The summed E-state index contributed by atoms with van der Waals surface area (Å²) in [4.78, 5) is 0. The first-order valence-corrected chi connectivity index (χ1v) is 3.31. The van der Waals surface area contributed by atoms with Crippen LogP contribution in [0.1, 0.15) is 0 Å². The molecular formula is C4H3Cl2N5. The van der Waals surface area contributed by atoms with E-state index in [1.807, 2.05) is 0 Å². The van der Waals surface area contributed by atoms with E-state index in [0.29, 0.717) is 0 Å². The second-order valence-electron chi connectivity index (χ2n) is 1.56. The standard InChI is InChI=1S/C4H3Cl2N5/c5-3-1-4(6)10-11(9-3)8-2-7/h1,8-9H. The summed E-state index contributed by atoms with van der Waals surface area (Å²) in [5.74, 6) is 0. The molecule has 7 heteroatoms. The second kappa shape index (κ2) is 3.32. The maximum absolute atomic E-state index is 8.17. The first kappa shape index (κ1) is 7.98. The molecule has 0 unspecified atom stereocenters. The van der Waals surface area contributed by atoms with Gasteiger partial charge in [-0.2, -0.15) is 10.7 Å². The van der Waals surface area contributed by atoms with Gasteiger partial charge in [0.15, 0.2) is 11.4 Å². The summed E-state index contributed by atoms with van der Waals surface area (Å²) in [5, 5.41) is 13.3. The number of hydrogen-bond acceptors (Lipinski definition) is 5. The summed E-state index contributed by atoms with van der Waals surface area (Å²) in [6.07, 6.45) is 3.06. The Morgan fingerprint density at radius 2 is 2.45 bits per heavy atom. The van der Waals surface area contributed by atoms with E-state index in [4.69, 9.17) is 28.5 Å². The number of nitrogens with zero attached hydrogens (tertiary/aromatic N) is 3. The van der Waals surface area contributed by atoms with Gasteiger partial charge in [-0.1, -0.05) is 28.4 Å². The summed E-state index contributed by atoms with van der Waals surface area (Å²) in [6, 6.07) is 0. The Morgan fingerprint density at radius 3 is 3.00 bits per heavy atom. The summed E-state index contributed by atoms with van der Waals surface area (Å²) < 4.78 is 0. The number of allylic oxidation sites excluding steroid dienone is 1. The van der Waals surface area contributed by atoms with E-state index in [0.717, 1.165) is 5.23 Å². The molecule has 1 aliphatic heterocycles. The van der Waals surface area contributed by atoms with Crippen LogP contribution >= 0.6 is 23.2 Å². The van der Waals surface area contributed by atoms with Crippen LogP contribution in [0.25, 0.3) is 0 Å². The maximum Gasteiger partial charge on any atom is 0.200 e. The molecule has 0 atom stereocenters. The number of halogens is 2. The van der Waals surface area contributed by atoms with E-state index in [9.17, 15) is 0 Å². The molecule has 1 rings (SSSR count). The number of hydrogen-bond donors (Lipinski definition) is 2. The average molecular weight is 192 g/mol. The SMILES string of the molecule is N#CNN1N=C(Cl)C=C(Cl)N1. The summed E-state index contributed by atoms with van der Waals surface area (Å²) in [5.41, 5.74) is 4.68. The molecule has 0 radical (unpaired) electrons. The number of nitriles is 1. The molecule has 0 amide bonds. The van der Waals surface area contributed by atoms with Crippen molar-refractivity contribution in [2.45, 2.75) is 0 Å². The van der Waals surface area contributed by atoms with Crippen LogP contribution in [0, 0.1) is 11.5 Å². The van der Waals surface area contributed by atoms with Crippen molar-refractivity contribution >= 4 is 28.4 Å². The van der Waals surface area contributed by atoms with Gasteiger partial charge >= 0.3 is 0 Å². The van der Waals surface area contributed by atoms with Crippen molar-refractivity contribution in [2.75, 3.05) is 0 Å². The van der Waals surface area contributed by atoms with Crippen molar-refractivity contribution in [3.63, 3.8) is 0 Å². The molecular weight excluding hydrogens is 189 g/mol. The molecule has 0 fully saturated rings. The molecule has 0 saturated carbocycles. The van der Waals surface area contributed by atoms with E-state index >= 15 is 0 Å². The van der Waals surface area contributed by atoms with Gasteiger partial charge in [-0.25, -0.2) is 0 Å². The smallest absolute Gasteiger partial charge is 0.200 e. The van der Waals surface area contributed by atoms with Crippen LogP contribution in [0.4, 0.5) is 0 Å². The van der Waals surface area contributed by atoms with Crippen molar-refractivity contribution in [1.82, 2.24) is 16.1 Å². The predicted octanol–water partition coefficient (Wildman–Crippen LogP) is 0.425. The molecule has 0 saturated heterocycles.